The lowest BCUT2D eigenvalue weighted by Gasteiger charge is -2.18. The van der Waals surface area contributed by atoms with E-state index < -0.39 is 11.9 Å². The van der Waals surface area contributed by atoms with Gasteiger partial charge in [-0.2, -0.15) is 0 Å². The van der Waals surface area contributed by atoms with E-state index in [-0.39, 0.29) is 83.1 Å². The number of hydrogen-bond acceptors (Lipinski definition) is 20. The fraction of sp³-hybridized carbons (Fsp3) is 0.574. The molecule has 0 aromatic rings. The number of allylic oxidation sites excluding steroid dienone is 13. The predicted molar refractivity (Wildman–Crippen MR) is 339 cm³/mol. The molecular weight excluding hydrogens is 1140 g/mol. The molecule has 1 saturated heterocycles. The third-order valence-electron chi connectivity index (χ3n) is 15.4. The molecule has 21 nitrogen and oxygen atoms in total. The zero-order valence-corrected chi connectivity index (χ0v) is 53.8. The quantitative estimate of drug-likeness (QED) is 0.0169. The second-order valence-corrected chi connectivity index (χ2v) is 21.5. The number of ether oxygens (including phenoxy) is 13. The number of rotatable bonds is 43. The van der Waals surface area contributed by atoms with E-state index in [1.807, 2.05) is 13.0 Å². The molecule has 21 heteroatoms. The van der Waals surface area contributed by atoms with Gasteiger partial charge in [0.15, 0.2) is 0 Å². The van der Waals surface area contributed by atoms with Crippen LogP contribution in [-0.4, -0.2) is 193 Å². The van der Waals surface area contributed by atoms with Gasteiger partial charge in [-0.15, -0.1) is 0 Å². The molecule has 1 fully saturated rings. The molecule has 8 bridgehead atoms. The molecule has 6 aliphatic rings. The number of hydrogen-bond donors (Lipinski definition) is 3. The van der Waals surface area contributed by atoms with E-state index in [2.05, 4.69) is 64.4 Å². The van der Waals surface area contributed by atoms with E-state index in [0.29, 0.717) is 151 Å². The Bertz CT molecular complexity index is 2970. The van der Waals surface area contributed by atoms with Gasteiger partial charge in [0, 0.05) is 81.4 Å². The summed E-state index contributed by atoms with van der Waals surface area (Å²) in [6.07, 6.45) is 10.3. The molecule has 0 radical (unpaired) electrons. The number of unbranched alkanes of at least 4 members (excludes halogenated alkanes) is 1. The average Bonchev–Trinajstić information content (AvgIpc) is 1.60. The summed E-state index contributed by atoms with van der Waals surface area (Å²) in [6.45, 7) is 23.2. The number of carboxylic acids is 1. The Morgan fingerprint density at radius 1 is 0.652 bits per heavy atom. The summed E-state index contributed by atoms with van der Waals surface area (Å²) in [5.74, 6) is 5.81. The van der Waals surface area contributed by atoms with Crippen LogP contribution in [0.1, 0.15) is 92.9 Å². The normalized spacial score (nSPS) is 18.2. The Labute approximate surface area is 525 Å². The highest BCUT2D eigenvalue weighted by Crippen LogP contribution is 2.47. The number of carbonyl (C=O) groups excluding carboxylic acids is 1. The number of methoxy groups -OCH3 is 3. The lowest BCUT2D eigenvalue weighted by Crippen LogP contribution is -2.17. The fourth-order valence-electron chi connectivity index (χ4n) is 10.7. The molecule has 2 atom stereocenters. The van der Waals surface area contributed by atoms with Crippen molar-refractivity contribution in [3.05, 3.63) is 127 Å². The van der Waals surface area contributed by atoms with Crippen molar-refractivity contribution in [1.82, 2.24) is 5.32 Å². The second kappa shape index (κ2) is 38.9. The van der Waals surface area contributed by atoms with Crippen molar-refractivity contribution in [2.75, 3.05) is 153 Å². The second-order valence-electron chi connectivity index (χ2n) is 21.5. The number of aliphatic imine (C=N–C) groups is 3. The van der Waals surface area contributed by atoms with E-state index >= 15 is 0 Å². The molecule has 6 rings (SSSR count). The summed E-state index contributed by atoms with van der Waals surface area (Å²) in [5, 5.41) is 25.2. The number of esters is 1. The minimum absolute atomic E-state index is 0.00805. The Morgan fingerprint density at radius 3 is 1.81 bits per heavy atom. The smallest absolute Gasteiger partial charge is 0.306 e. The minimum atomic E-state index is -0.883. The first kappa shape index (κ1) is 71.5. The van der Waals surface area contributed by atoms with Gasteiger partial charge in [0.05, 0.1) is 146 Å². The number of fused-ring (bicyclic) bond motifs is 5. The van der Waals surface area contributed by atoms with Crippen molar-refractivity contribution >= 4 is 29.1 Å². The number of carboxylic acid groups (broad SMARTS) is 1. The molecule has 89 heavy (non-hydrogen) atoms. The van der Waals surface area contributed by atoms with Crippen LogP contribution in [0.2, 0.25) is 0 Å². The van der Waals surface area contributed by atoms with Crippen LogP contribution in [0.25, 0.3) is 0 Å². The third kappa shape index (κ3) is 21.8. The van der Waals surface area contributed by atoms with Crippen LogP contribution in [0, 0.1) is 23.7 Å². The standard InChI is InChI=1S/C68H94N4O17/c1-11-52-46(4)57-41-60-53(12-2)47(5)65(71-60)55(16-14-13-15-17-62(74)75)66-48(6)54(67(72-66)56-40-61(73)64-49(7)58(70-68(56)64)42-59(52)69-57)18-19-63(76)89-43-50(38-45(3)87-36-34-84-30-27-81-24-21-78-9)39-51(88-37-35-85-31-28-82-25-22-79-10)44-86-33-32-83-29-26-80-23-20-77-8/h38-39,41-42,48,54,72-73H,3,11-13,15,17-37,40,43-44H2,1-2,4-10H3,(H,74,75)/b50-38+,51-39+,59-42?,60-41?,66-55?,67-56?/t48-,54-/m0/s1. The van der Waals surface area contributed by atoms with Crippen LogP contribution in [-0.2, 0) is 71.2 Å². The average molecular weight is 1240 g/mol. The van der Waals surface area contributed by atoms with Gasteiger partial charge in [-0.1, -0.05) is 39.2 Å². The topological polar surface area (TPSA) is 244 Å². The molecule has 0 spiro atoms. The molecule has 488 valence electrons. The molecule has 3 N–H and O–H groups in total. The molecule has 0 aromatic carbocycles. The maximum absolute atomic E-state index is 14.4. The Balaban J connectivity index is 1.30. The van der Waals surface area contributed by atoms with E-state index in [4.69, 9.17) is 76.6 Å². The van der Waals surface area contributed by atoms with Gasteiger partial charge >= 0.3 is 11.9 Å². The van der Waals surface area contributed by atoms with Crippen molar-refractivity contribution in [3.8, 4) is 11.8 Å². The minimum Gasteiger partial charge on any atom is -0.511 e. The Hall–Kier alpha value is -6.55. The highest BCUT2D eigenvalue weighted by atomic mass is 16.6. The summed E-state index contributed by atoms with van der Waals surface area (Å²) in [5.41, 5.74) is 14.0. The van der Waals surface area contributed by atoms with Crippen LogP contribution in [0.5, 0.6) is 0 Å². The number of aliphatic hydroxyl groups is 1. The van der Waals surface area contributed by atoms with Gasteiger partial charge in [-0.3, -0.25) is 9.59 Å². The molecule has 0 aromatic heterocycles. The van der Waals surface area contributed by atoms with E-state index in [1.165, 1.54) is 0 Å². The van der Waals surface area contributed by atoms with Crippen molar-refractivity contribution in [3.63, 3.8) is 0 Å². The van der Waals surface area contributed by atoms with Crippen molar-refractivity contribution in [1.29, 1.82) is 0 Å². The predicted octanol–water partition coefficient (Wildman–Crippen LogP) is 9.43. The van der Waals surface area contributed by atoms with E-state index in [9.17, 15) is 19.8 Å². The SMILES string of the molecule is C=C(/C=C(\C=C(/COCCOCCOCCOC)OCCOCCOCCOC)COC(=O)CC[C@@H]1C2=C3CC(O)=C4C3=NC(=C4C)C=C3N=C(C=C4N=C(C(C)=C4CC)C(C#CCCCC(=O)O)=C(N2)[C@H]1C)C(C)=C3CC)OCCOCCOCCOC. The van der Waals surface area contributed by atoms with Crippen molar-refractivity contribution < 1.29 is 81.4 Å². The van der Waals surface area contributed by atoms with Gasteiger partial charge in [0.2, 0.25) is 0 Å². The monoisotopic (exact) mass is 1240 g/mol. The van der Waals surface area contributed by atoms with E-state index in [1.54, 1.807) is 33.5 Å². The summed E-state index contributed by atoms with van der Waals surface area (Å²) in [4.78, 5) is 41.7. The molecule has 5 aliphatic heterocycles. The van der Waals surface area contributed by atoms with E-state index in [0.717, 1.165) is 74.1 Å². The van der Waals surface area contributed by atoms with Crippen LogP contribution < -0.4 is 5.32 Å². The van der Waals surface area contributed by atoms with Gasteiger partial charge in [0.25, 0.3) is 0 Å². The maximum atomic E-state index is 14.4. The highest BCUT2D eigenvalue weighted by Gasteiger charge is 2.43. The molecular formula is C68H94N4O17. The Morgan fingerprint density at radius 2 is 1.21 bits per heavy atom. The summed E-state index contributed by atoms with van der Waals surface area (Å²) >= 11 is 0. The molecule has 0 unspecified atom stereocenters. The third-order valence-corrected chi connectivity index (χ3v) is 15.4. The lowest BCUT2D eigenvalue weighted by atomic mass is 9.84. The number of nitrogens with one attached hydrogen (secondary N) is 1. The van der Waals surface area contributed by atoms with Gasteiger partial charge < -0.3 is 77.1 Å². The van der Waals surface area contributed by atoms with Gasteiger partial charge in [-0.05, 0) is 104 Å². The summed E-state index contributed by atoms with van der Waals surface area (Å²) in [7, 11) is 4.85. The van der Waals surface area contributed by atoms with Crippen LogP contribution in [0.4, 0.5) is 0 Å². The number of aliphatic hydroxyl groups excluding tert-OH is 1. The number of nitrogens with zero attached hydrogens (tertiary/aromatic N) is 3. The summed E-state index contributed by atoms with van der Waals surface area (Å²) in [6, 6.07) is 0. The van der Waals surface area contributed by atoms with Gasteiger partial charge in [-0.25, -0.2) is 15.0 Å². The highest BCUT2D eigenvalue weighted by molar-refractivity contribution is 6.22. The molecule has 1 aliphatic carbocycles. The largest absolute Gasteiger partial charge is 0.511 e. The number of aliphatic carboxylic acids is 1. The van der Waals surface area contributed by atoms with Gasteiger partial charge in [0.1, 0.15) is 43.7 Å². The summed E-state index contributed by atoms with van der Waals surface area (Å²) < 4.78 is 73.3. The first-order chi connectivity index (χ1) is 43.2. The van der Waals surface area contributed by atoms with Crippen LogP contribution >= 0.6 is 0 Å². The first-order valence-corrected chi connectivity index (χ1v) is 31.0. The first-order valence-electron chi connectivity index (χ1n) is 31.0. The number of carbonyl (C=O) groups is 2. The zero-order chi connectivity index (χ0) is 63.9. The van der Waals surface area contributed by atoms with Crippen molar-refractivity contribution in [2.45, 2.75) is 92.9 Å². The maximum Gasteiger partial charge on any atom is 0.306 e. The fourth-order valence-corrected chi connectivity index (χ4v) is 10.7. The van der Waals surface area contributed by atoms with Crippen LogP contribution in [0.3, 0.4) is 0 Å². The lowest BCUT2D eigenvalue weighted by molar-refractivity contribution is -0.143. The van der Waals surface area contributed by atoms with Crippen molar-refractivity contribution in [2.24, 2.45) is 26.8 Å². The molecule has 0 amide bonds. The molecule has 0 saturated carbocycles. The zero-order valence-electron chi connectivity index (χ0n) is 53.8. The van der Waals surface area contributed by atoms with Crippen LogP contribution in [0.15, 0.2) is 142 Å². The Kier molecular flexibility index (Phi) is 31.2. The molecule has 5 heterocycles.